The van der Waals surface area contributed by atoms with Crippen LogP contribution in [-0.4, -0.2) is 35.2 Å². The van der Waals surface area contributed by atoms with Crippen LogP contribution in [-0.2, 0) is 16.1 Å². The SMILES string of the molecule is C=C(C)\C(=C/C=C(C)/C(O)=C(\CNC(=O)OCc1ccccc1)C(C)=N)NC(=O)OC(C)(C)C. The van der Waals surface area contributed by atoms with E-state index in [1.54, 1.807) is 46.8 Å². The average Bonchev–Trinajstić information content (AvgIpc) is 2.73. The predicted molar refractivity (Wildman–Crippen MR) is 134 cm³/mol. The lowest BCUT2D eigenvalue weighted by molar-refractivity contribution is 0.0547. The molecule has 0 saturated heterocycles. The molecule has 1 rings (SSSR count). The van der Waals surface area contributed by atoms with Gasteiger partial charge in [-0.1, -0.05) is 43.0 Å². The predicted octanol–water partition coefficient (Wildman–Crippen LogP) is 5.70. The Hall–Kier alpha value is -3.81. The average molecular weight is 470 g/mol. The van der Waals surface area contributed by atoms with E-state index in [0.717, 1.165) is 5.56 Å². The van der Waals surface area contributed by atoms with Crippen molar-refractivity contribution in [3.63, 3.8) is 0 Å². The molecule has 2 amide bonds. The van der Waals surface area contributed by atoms with Crippen molar-refractivity contribution in [3.05, 3.63) is 82.8 Å². The first-order valence-electron chi connectivity index (χ1n) is 10.8. The van der Waals surface area contributed by atoms with Crippen LogP contribution in [0, 0.1) is 5.41 Å². The van der Waals surface area contributed by atoms with Crippen molar-refractivity contribution in [2.45, 2.75) is 53.8 Å². The van der Waals surface area contributed by atoms with Crippen molar-refractivity contribution >= 4 is 17.9 Å². The van der Waals surface area contributed by atoms with Crippen LogP contribution in [0.5, 0.6) is 0 Å². The third-order valence-electron chi connectivity index (χ3n) is 4.33. The number of aliphatic hydroxyl groups is 1. The van der Waals surface area contributed by atoms with Gasteiger partial charge in [-0.05, 0) is 64.3 Å². The normalized spacial score (nSPS) is 12.9. The molecule has 0 bridgehead atoms. The second-order valence-electron chi connectivity index (χ2n) is 8.70. The molecule has 0 aromatic heterocycles. The summed E-state index contributed by atoms with van der Waals surface area (Å²) in [6.45, 7) is 14.0. The molecule has 0 radical (unpaired) electrons. The number of nitrogens with one attached hydrogen (secondary N) is 3. The van der Waals surface area contributed by atoms with Gasteiger partial charge in [-0.2, -0.15) is 0 Å². The van der Waals surface area contributed by atoms with Gasteiger partial charge < -0.3 is 25.3 Å². The Balaban J connectivity index is 2.91. The van der Waals surface area contributed by atoms with E-state index in [0.29, 0.717) is 16.8 Å². The summed E-state index contributed by atoms with van der Waals surface area (Å²) in [5.74, 6) is -0.162. The van der Waals surface area contributed by atoms with Gasteiger partial charge in [-0.3, -0.25) is 5.32 Å². The molecule has 1 aromatic rings. The third kappa shape index (κ3) is 10.7. The first-order valence-corrected chi connectivity index (χ1v) is 10.8. The molecule has 0 fully saturated rings. The van der Waals surface area contributed by atoms with E-state index >= 15 is 0 Å². The molecule has 0 heterocycles. The maximum atomic E-state index is 12.1. The van der Waals surface area contributed by atoms with Crippen LogP contribution in [0.15, 0.2) is 77.2 Å². The molecule has 0 aliphatic rings. The number of benzene rings is 1. The quantitative estimate of drug-likeness (QED) is 0.210. The summed E-state index contributed by atoms with van der Waals surface area (Å²) < 4.78 is 10.4. The molecule has 1 aromatic carbocycles. The molecule has 0 atom stereocenters. The molecule has 0 spiro atoms. The summed E-state index contributed by atoms with van der Waals surface area (Å²) in [4.78, 5) is 24.1. The topological polar surface area (TPSA) is 121 Å². The number of rotatable bonds is 9. The number of aliphatic hydroxyl groups excluding tert-OH is 1. The van der Waals surface area contributed by atoms with Gasteiger partial charge in [0.25, 0.3) is 0 Å². The van der Waals surface area contributed by atoms with Crippen LogP contribution in [0.25, 0.3) is 0 Å². The fourth-order valence-electron chi connectivity index (χ4n) is 2.56. The fraction of sp³-hybridized carbons (Fsp3) is 0.346. The standard InChI is InChI=1S/C26H35N3O5/c1-17(2)22(29-25(32)34-26(5,6)7)14-13-18(3)23(30)21(19(4)27)15-28-24(31)33-16-20-11-9-8-10-12-20/h8-14,27,30H,1,15-16H2,2-7H3,(H,28,31)(H,29,32)/b18-13+,22-14+,23-21-,27-19?. The lowest BCUT2D eigenvalue weighted by Gasteiger charge is -2.20. The Kier molecular flexibility index (Phi) is 10.8. The molecule has 0 unspecified atom stereocenters. The number of hydrogen-bond donors (Lipinski definition) is 4. The summed E-state index contributed by atoms with van der Waals surface area (Å²) in [6.07, 6.45) is 1.87. The van der Waals surface area contributed by atoms with Gasteiger partial charge in [0.15, 0.2) is 0 Å². The number of carbonyl (C=O) groups is 2. The van der Waals surface area contributed by atoms with Crippen LogP contribution < -0.4 is 10.6 Å². The zero-order valence-electron chi connectivity index (χ0n) is 20.7. The van der Waals surface area contributed by atoms with Gasteiger partial charge in [-0.15, -0.1) is 0 Å². The number of allylic oxidation sites excluding steroid dienone is 4. The van der Waals surface area contributed by atoms with E-state index in [1.165, 1.54) is 6.92 Å². The summed E-state index contributed by atoms with van der Waals surface area (Å²) in [5.41, 5.74) is 1.94. The van der Waals surface area contributed by atoms with E-state index in [2.05, 4.69) is 17.2 Å². The van der Waals surface area contributed by atoms with Gasteiger partial charge in [0.1, 0.15) is 18.0 Å². The van der Waals surface area contributed by atoms with Crippen LogP contribution in [0.1, 0.15) is 47.1 Å². The maximum absolute atomic E-state index is 12.1. The minimum atomic E-state index is -0.664. The molecule has 0 saturated carbocycles. The van der Waals surface area contributed by atoms with Crippen molar-refractivity contribution in [2.75, 3.05) is 6.54 Å². The first-order chi connectivity index (χ1) is 15.8. The van der Waals surface area contributed by atoms with E-state index in [9.17, 15) is 14.7 Å². The second kappa shape index (κ2) is 13.0. The molecule has 8 heteroatoms. The minimum absolute atomic E-state index is 0.0876. The lowest BCUT2D eigenvalue weighted by Crippen LogP contribution is -2.32. The zero-order valence-corrected chi connectivity index (χ0v) is 20.7. The first kappa shape index (κ1) is 28.2. The highest BCUT2D eigenvalue weighted by Gasteiger charge is 2.17. The van der Waals surface area contributed by atoms with Gasteiger partial charge in [-0.25, -0.2) is 9.59 Å². The zero-order chi connectivity index (χ0) is 25.9. The van der Waals surface area contributed by atoms with Crippen molar-refractivity contribution in [1.82, 2.24) is 10.6 Å². The van der Waals surface area contributed by atoms with Crippen molar-refractivity contribution in [2.24, 2.45) is 0 Å². The van der Waals surface area contributed by atoms with Gasteiger partial charge >= 0.3 is 12.2 Å². The summed E-state index contributed by atoms with van der Waals surface area (Å²) in [5, 5.41) is 23.8. The molecule has 0 aliphatic carbocycles. The number of ether oxygens (including phenoxy) is 2. The molecular formula is C26H35N3O5. The van der Waals surface area contributed by atoms with Crippen LogP contribution in [0.4, 0.5) is 9.59 Å². The highest BCUT2D eigenvalue weighted by molar-refractivity contribution is 5.97. The highest BCUT2D eigenvalue weighted by atomic mass is 16.6. The van der Waals surface area contributed by atoms with Crippen LogP contribution >= 0.6 is 0 Å². The Morgan fingerprint density at radius 2 is 1.71 bits per heavy atom. The monoisotopic (exact) mass is 469 g/mol. The van der Waals surface area contributed by atoms with Crippen LogP contribution in [0.2, 0.25) is 0 Å². The third-order valence-corrected chi connectivity index (χ3v) is 4.33. The Labute approximate surface area is 201 Å². The second-order valence-corrected chi connectivity index (χ2v) is 8.70. The largest absolute Gasteiger partial charge is 0.507 e. The molecule has 0 aliphatic heterocycles. The number of carbonyl (C=O) groups excluding carboxylic acids is 2. The molecule has 184 valence electrons. The van der Waals surface area contributed by atoms with Gasteiger partial charge in [0.2, 0.25) is 0 Å². The van der Waals surface area contributed by atoms with E-state index in [4.69, 9.17) is 14.9 Å². The summed E-state index contributed by atoms with van der Waals surface area (Å²) in [7, 11) is 0. The van der Waals surface area contributed by atoms with E-state index < -0.39 is 17.8 Å². The summed E-state index contributed by atoms with van der Waals surface area (Å²) in [6, 6.07) is 9.24. The molecule has 4 N–H and O–H groups in total. The smallest absolute Gasteiger partial charge is 0.412 e. The van der Waals surface area contributed by atoms with E-state index in [-0.39, 0.29) is 30.2 Å². The van der Waals surface area contributed by atoms with Crippen molar-refractivity contribution in [3.8, 4) is 0 Å². The van der Waals surface area contributed by atoms with Gasteiger partial charge in [0.05, 0.1) is 6.54 Å². The Bertz CT molecular complexity index is 999. The van der Waals surface area contributed by atoms with Crippen molar-refractivity contribution < 1.29 is 24.2 Å². The number of alkyl carbamates (subject to hydrolysis) is 2. The van der Waals surface area contributed by atoms with E-state index in [1.807, 2.05) is 30.3 Å². The Morgan fingerprint density at radius 1 is 1.09 bits per heavy atom. The van der Waals surface area contributed by atoms with Crippen LogP contribution in [0.3, 0.4) is 0 Å². The number of hydrogen-bond acceptors (Lipinski definition) is 6. The summed E-state index contributed by atoms with van der Waals surface area (Å²) >= 11 is 0. The maximum Gasteiger partial charge on any atom is 0.412 e. The fourth-order valence-corrected chi connectivity index (χ4v) is 2.56. The number of amides is 2. The van der Waals surface area contributed by atoms with Gasteiger partial charge in [0, 0.05) is 17.0 Å². The highest BCUT2D eigenvalue weighted by Crippen LogP contribution is 2.15. The molecular weight excluding hydrogens is 434 g/mol. The lowest BCUT2D eigenvalue weighted by atomic mass is 10.1. The Morgan fingerprint density at radius 3 is 2.24 bits per heavy atom. The van der Waals surface area contributed by atoms with Crippen molar-refractivity contribution in [1.29, 1.82) is 5.41 Å². The molecule has 34 heavy (non-hydrogen) atoms. The minimum Gasteiger partial charge on any atom is -0.507 e. The molecule has 8 nitrogen and oxygen atoms in total.